The normalized spacial score (nSPS) is 9.93. The van der Waals surface area contributed by atoms with Crippen molar-refractivity contribution in [2.45, 2.75) is 6.54 Å². The third kappa shape index (κ3) is 2.85. The van der Waals surface area contributed by atoms with Gasteiger partial charge >= 0.3 is 0 Å². The molecule has 0 fully saturated rings. The third-order valence-electron chi connectivity index (χ3n) is 1.73. The summed E-state index contributed by atoms with van der Waals surface area (Å²) in [4.78, 5) is 7.89. The van der Waals surface area contributed by atoms with Crippen molar-refractivity contribution >= 4 is 17.4 Å². The molecule has 1 N–H and O–H groups in total. The molecule has 0 aliphatic carbocycles. The Bertz CT molecular complexity index is 416. The van der Waals surface area contributed by atoms with Gasteiger partial charge in [-0.05, 0) is 18.2 Å². The van der Waals surface area contributed by atoms with Gasteiger partial charge < -0.3 is 5.32 Å². The molecule has 5 nitrogen and oxygen atoms in total. The van der Waals surface area contributed by atoms with Gasteiger partial charge in [0.15, 0.2) is 5.15 Å². The Kier molecular flexibility index (Phi) is 3.04. The summed E-state index contributed by atoms with van der Waals surface area (Å²) in [5.74, 6) is 0.665. The minimum atomic E-state index is 0.377. The third-order valence-corrected chi connectivity index (χ3v) is 1.93. The van der Waals surface area contributed by atoms with Crippen molar-refractivity contribution in [1.29, 1.82) is 0 Å². The van der Waals surface area contributed by atoms with Crippen molar-refractivity contribution in [3.8, 4) is 0 Å². The van der Waals surface area contributed by atoms with Crippen LogP contribution in [-0.2, 0) is 6.54 Å². The Morgan fingerprint density at radius 3 is 2.80 bits per heavy atom. The molecule has 2 aromatic rings. The molecule has 0 aromatic carbocycles. The molecule has 2 heterocycles. The van der Waals surface area contributed by atoms with E-state index < -0.39 is 0 Å². The van der Waals surface area contributed by atoms with Gasteiger partial charge in [-0.3, -0.25) is 0 Å². The van der Waals surface area contributed by atoms with Gasteiger partial charge in [0.25, 0.3) is 0 Å². The summed E-state index contributed by atoms with van der Waals surface area (Å²) in [6.45, 7) is 0.582. The van der Waals surface area contributed by atoms with Crippen LogP contribution in [0.4, 0.5) is 5.82 Å². The highest BCUT2D eigenvalue weighted by molar-refractivity contribution is 6.29. The second-order valence-electron chi connectivity index (χ2n) is 2.80. The number of hydrogen-bond acceptors (Lipinski definition) is 5. The average Bonchev–Trinajstić information content (AvgIpc) is 2.30. The smallest absolute Gasteiger partial charge is 0.151 e. The van der Waals surface area contributed by atoms with Crippen LogP contribution < -0.4 is 5.32 Å². The number of nitrogens with zero attached hydrogens (tertiary/aromatic N) is 4. The second-order valence-corrected chi connectivity index (χ2v) is 3.18. The van der Waals surface area contributed by atoms with Crippen molar-refractivity contribution in [2.75, 3.05) is 5.32 Å². The molecule has 0 saturated carbocycles. The standard InChI is InChI=1S/C9H8ClN5/c10-8-1-2-9(15-14-8)12-5-7-3-4-11-6-13-7/h1-4,6H,5H2,(H,12,15). The Morgan fingerprint density at radius 1 is 1.20 bits per heavy atom. The lowest BCUT2D eigenvalue weighted by Crippen LogP contribution is -2.03. The van der Waals surface area contributed by atoms with Gasteiger partial charge in [0.05, 0.1) is 12.2 Å². The first-order valence-electron chi connectivity index (χ1n) is 4.32. The maximum Gasteiger partial charge on any atom is 0.151 e. The molecular weight excluding hydrogens is 214 g/mol. The molecule has 76 valence electrons. The molecule has 0 saturated heterocycles. The maximum atomic E-state index is 5.61. The minimum Gasteiger partial charge on any atom is -0.363 e. The van der Waals surface area contributed by atoms with Gasteiger partial charge in [-0.15, -0.1) is 10.2 Å². The molecule has 0 spiro atoms. The minimum absolute atomic E-state index is 0.377. The van der Waals surface area contributed by atoms with Crippen LogP contribution in [0.3, 0.4) is 0 Å². The van der Waals surface area contributed by atoms with Crippen LogP contribution >= 0.6 is 11.6 Å². The fourth-order valence-electron chi connectivity index (χ4n) is 1.01. The van der Waals surface area contributed by atoms with E-state index in [-0.39, 0.29) is 0 Å². The summed E-state index contributed by atoms with van der Waals surface area (Å²) in [6.07, 6.45) is 3.20. The molecule has 0 atom stereocenters. The van der Waals surface area contributed by atoms with E-state index in [0.717, 1.165) is 5.69 Å². The molecule has 2 rings (SSSR count). The monoisotopic (exact) mass is 221 g/mol. The summed E-state index contributed by atoms with van der Waals surface area (Å²) < 4.78 is 0. The Hall–Kier alpha value is -1.75. The van der Waals surface area contributed by atoms with Crippen molar-refractivity contribution in [1.82, 2.24) is 20.2 Å². The lowest BCUT2D eigenvalue weighted by atomic mass is 10.4. The summed E-state index contributed by atoms with van der Waals surface area (Å²) in [6, 6.07) is 5.27. The molecule has 2 aromatic heterocycles. The molecule has 0 unspecified atom stereocenters. The van der Waals surface area contributed by atoms with Gasteiger partial charge in [-0.1, -0.05) is 11.6 Å². The Morgan fingerprint density at radius 2 is 2.13 bits per heavy atom. The van der Waals surface area contributed by atoms with Gasteiger partial charge in [0.2, 0.25) is 0 Å². The van der Waals surface area contributed by atoms with Crippen LogP contribution in [0.25, 0.3) is 0 Å². The lowest BCUT2D eigenvalue weighted by Gasteiger charge is -2.03. The van der Waals surface area contributed by atoms with Crippen molar-refractivity contribution in [3.05, 3.63) is 41.6 Å². The van der Waals surface area contributed by atoms with Crippen LogP contribution in [-0.4, -0.2) is 20.2 Å². The van der Waals surface area contributed by atoms with Gasteiger partial charge in [0, 0.05) is 6.20 Å². The molecule has 0 radical (unpaired) electrons. The SMILES string of the molecule is Clc1ccc(NCc2ccncn2)nn1. The molecular formula is C9H8ClN5. The number of hydrogen-bond donors (Lipinski definition) is 1. The summed E-state index contributed by atoms with van der Waals surface area (Å²) in [7, 11) is 0. The number of nitrogens with one attached hydrogen (secondary N) is 1. The summed E-state index contributed by atoms with van der Waals surface area (Å²) in [5.41, 5.74) is 0.891. The first-order chi connectivity index (χ1) is 7.34. The number of rotatable bonds is 3. The summed E-state index contributed by atoms with van der Waals surface area (Å²) in [5, 5.41) is 11.0. The Labute approximate surface area is 91.6 Å². The topological polar surface area (TPSA) is 63.6 Å². The lowest BCUT2D eigenvalue weighted by molar-refractivity contribution is 0.964. The van der Waals surface area contributed by atoms with Crippen molar-refractivity contribution < 1.29 is 0 Å². The van der Waals surface area contributed by atoms with Crippen LogP contribution in [0.15, 0.2) is 30.7 Å². The highest BCUT2D eigenvalue weighted by Crippen LogP contribution is 2.06. The van der Waals surface area contributed by atoms with Crippen LogP contribution in [0.5, 0.6) is 0 Å². The van der Waals surface area contributed by atoms with E-state index in [4.69, 9.17) is 11.6 Å². The quantitative estimate of drug-likeness (QED) is 0.852. The van der Waals surface area contributed by atoms with E-state index >= 15 is 0 Å². The predicted octanol–water partition coefficient (Wildman–Crippen LogP) is 1.53. The molecule has 6 heteroatoms. The van der Waals surface area contributed by atoms with E-state index in [2.05, 4.69) is 25.5 Å². The first-order valence-corrected chi connectivity index (χ1v) is 4.70. The molecule has 0 aliphatic rings. The highest BCUT2D eigenvalue weighted by atomic mass is 35.5. The number of halogens is 1. The van der Waals surface area contributed by atoms with Crippen molar-refractivity contribution in [2.24, 2.45) is 0 Å². The van der Waals surface area contributed by atoms with Gasteiger partial charge in [0.1, 0.15) is 12.1 Å². The number of anilines is 1. The molecule has 15 heavy (non-hydrogen) atoms. The molecule has 0 amide bonds. The Balaban J connectivity index is 1.96. The van der Waals surface area contributed by atoms with Gasteiger partial charge in [-0.25, -0.2) is 9.97 Å². The van der Waals surface area contributed by atoms with Crippen LogP contribution in [0.1, 0.15) is 5.69 Å². The van der Waals surface area contributed by atoms with Crippen LogP contribution in [0, 0.1) is 0 Å². The van der Waals surface area contributed by atoms with E-state index in [1.54, 1.807) is 18.3 Å². The second kappa shape index (κ2) is 4.65. The molecule has 0 aliphatic heterocycles. The predicted molar refractivity (Wildman–Crippen MR) is 56.4 cm³/mol. The first kappa shape index (κ1) is 9.79. The zero-order chi connectivity index (χ0) is 10.5. The van der Waals surface area contributed by atoms with E-state index in [1.165, 1.54) is 6.33 Å². The molecule has 0 bridgehead atoms. The summed E-state index contributed by atoms with van der Waals surface area (Å²) >= 11 is 5.61. The fraction of sp³-hybridized carbons (Fsp3) is 0.111. The number of aromatic nitrogens is 4. The van der Waals surface area contributed by atoms with E-state index in [0.29, 0.717) is 17.5 Å². The van der Waals surface area contributed by atoms with Crippen LogP contribution in [0.2, 0.25) is 5.15 Å². The maximum absolute atomic E-state index is 5.61. The largest absolute Gasteiger partial charge is 0.363 e. The van der Waals surface area contributed by atoms with Crippen molar-refractivity contribution in [3.63, 3.8) is 0 Å². The zero-order valence-corrected chi connectivity index (χ0v) is 8.52. The zero-order valence-electron chi connectivity index (χ0n) is 7.76. The highest BCUT2D eigenvalue weighted by Gasteiger charge is 1.96. The van der Waals surface area contributed by atoms with Gasteiger partial charge in [-0.2, -0.15) is 0 Å². The fourth-order valence-corrected chi connectivity index (χ4v) is 1.11. The average molecular weight is 222 g/mol. The van der Waals surface area contributed by atoms with E-state index in [9.17, 15) is 0 Å². The van der Waals surface area contributed by atoms with E-state index in [1.807, 2.05) is 6.07 Å².